The fourth-order valence-electron chi connectivity index (χ4n) is 6.65. The SMILES string of the molecule is [B]c1c(O)c(-c2ccccc2)c(O)c(-c2c3ccccc3c(-c3ccc(OC/C=C4/C=CC=CC4)c(C(=C)C=C)c3)c3ccccc23)c1O. The van der Waals surface area contributed by atoms with Gasteiger partial charge in [-0.25, -0.2) is 0 Å². The Morgan fingerprint density at radius 1 is 0.694 bits per heavy atom. The molecule has 0 amide bonds. The summed E-state index contributed by atoms with van der Waals surface area (Å²) in [6, 6.07) is 30.9. The fourth-order valence-corrected chi connectivity index (χ4v) is 6.65. The number of benzene rings is 6. The number of rotatable bonds is 8. The van der Waals surface area contributed by atoms with Crippen LogP contribution in [0, 0.1) is 0 Å². The number of hydrogen-bond acceptors (Lipinski definition) is 4. The molecule has 0 saturated carbocycles. The molecule has 3 N–H and O–H groups in total. The van der Waals surface area contributed by atoms with E-state index in [2.05, 4.69) is 37.5 Å². The van der Waals surface area contributed by atoms with Crippen molar-refractivity contribution >= 4 is 40.4 Å². The standard InChI is InChI=1S/C44H33BO4/c1-3-27(2)35-26-30(22-23-36(35)49-25-24-28-14-6-4-7-15-28)37-31-18-10-12-20-33(31)39(34-21-13-11-19-32(34)37)40-42(46)38(29-16-8-5-9-17-29)43(47)41(45)44(40)48/h3-14,16-24,26,46-48H,1-2,15,25H2/b28-24-. The van der Waals surface area contributed by atoms with Crippen molar-refractivity contribution in [2.24, 2.45) is 0 Å². The van der Waals surface area contributed by atoms with E-state index in [1.165, 1.54) is 5.57 Å². The molecule has 49 heavy (non-hydrogen) atoms. The molecule has 0 fully saturated rings. The molecule has 1 aliphatic carbocycles. The van der Waals surface area contributed by atoms with Crippen LogP contribution in [-0.4, -0.2) is 29.8 Å². The van der Waals surface area contributed by atoms with Crippen molar-refractivity contribution in [3.8, 4) is 56.4 Å². The first-order valence-electron chi connectivity index (χ1n) is 16.1. The Morgan fingerprint density at radius 3 is 1.92 bits per heavy atom. The van der Waals surface area contributed by atoms with Crippen molar-refractivity contribution in [2.75, 3.05) is 6.61 Å². The monoisotopic (exact) mass is 636 g/mol. The van der Waals surface area contributed by atoms with E-state index in [0.29, 0.717) is 23.5 Å². The second-order valence-electron chi connectivity index (χ2n) is 11.9. The minimum atomic E-state index is -0.390. The predicted octanol–water partition coefficient (Wildman–Crippen LogP) is 9.93. The molecule has 0 unspecified atom stereocenters. The first kappa shape index (κ1) is 31.4. The third-order valence-corrected chi connectivity index (χ3v) is 9.06. The number of fused-ring (bicyclic) bond motifs is 2. The highest BCUT2D eigenvalue weighted by molar-refractivity contribution is 6.38. The number of ether oxygens (including phenoxy) is 1. The number of hydrogen-bond donors (Lipinski definition) is 3. The molecule has 1 aliphatic rings. The lowest BCUT2D eigenvalue weighted by Gasteiger charge is -2.22. The summed E-state index contributed by atoms with van der Waals surface area (Å²) < 4.78 is 6.27. The molecule has 6 aromatic rings. The topological polar surface area (TPSA) is 69.9 Å². The number of phenols is 3. The Balaban J connectivity index is 1.46. The van der Waals surface area contributed by atoms with Crippen molar-refractivity contribution in [2.45, 2.75) is 6.42 Å². The summed E-state index contributed by atoms with van der Waals surface area (Å²) >= 11 is 0. The van der Waals surface area contributed by atoms with E-state index >= 15 is 0 Å². The van der Waals surface area contributed by atoms with Crippen molar-refractivity contribution in [1.82, 2.24) is 0 Å². The van der Waals surface area contributed by atoms with Gasteiger partial charge in [-0.15, -0.1) is 0 Å². The van der Waals surface area contributed by atoms with Crippen molar-refractivity contribution in [3.63, 3.8) is 0 Å². The average molecular weight is 637 g/mol. The van der Waals surface area contributed by atoms with Crippen LogP contribution in [-0.2, 0) is 0 Å². The van der Waals surface area contributed by atoms with Gasteiger partial charge in [-0.1, -0.05) is 128 Å². The molecule has 0 atom stereocenters. The lowest BCUT2D eigenvalue weighted by atomic mass is 9.80. The Labute approximate surface area is 287 Å². The van der Waals surface area contributed by atoms with Crippen LogP contribution in [0.15, 0.2) is 152 Å². The molecule has 5 heteroatoms. The summed E-state index contributed by atoms with van der Waals surface area (Å²) in [7, 11) is 6.34. The van der Waals surface area contributed by atoms with E-state index < -0.39 is 5.75 Å². The van der Waals surface area contributed by atoms with Crippen LogP contribution in [0.1, 0.15) is 12.0 Å². The van der Waals surface area contributed by atoms with Gasteiger partial charge in [0.15, 0.2) is 0 Å². The first-order valence-corrected chi connectivity index (χ1v) is 16.1. The highest BCUT2D eigenvalue weighted by atomic mass is 16.5. The largest absolute Gasteiger partial charge is 0.508 e. The van der Waals surface area contributed by atoms with Crippen LogP contribution in [0.5, 0.6) is 23.0 Å². The summed E-state index contributed by atoms with van der Waals surface area (Å²) in [5, 5.41) is 37.8. The highest BCUT2D eigenvalue weighted by Crippen LogP contribution is 2.52. The summed E-state index contributed by atoms with van der Waals surface area (Å²) in [5.74, 6) is -0.331. The summed E-state index contributed by atoms with van der Waals surface area (Å²) in [6.07, 6.45) is 13.0. The molecule has 2 radical (unpaired) electrons. The average Bonchev–Trinajstić information content (AvgIpc) is 3.14. The van der Waals surface area contributed by atoms with E-state index in [1.54, 1.807) is 18.2 Å². The third-order valence-electron chi connectivity index (χ3n) is 9.06. The number of phenolic OH excluding ortho intramolecular Hbond substituents is 3. The van der Waals surface area contributed by atoms with E-state index in [1.807, 2.05) is 91.0 Å². The molecule has 0 aromatic heterocycles. The lowest BCUT2D eigenvalue weighted by Crippen LogP contribution is -2.07. The zero-order valence-electron chi connectivity index (χ0n) is 26.9. The van der Waals surface area contributed by atoms with Crippen LogP contribution in [0.3, 0.4) is 0 Å². The van der Waals surface area contributed by atoms with E-state index in [4.69, 9.17) is 12.6 Å². The van der Waals surface area contributed by atoms with Gasteiger partial charge in [0.1, 0.15) is 37.5 Å². The molecule has 0 bridgehead atoms. The summed E-state index contributed by atoms with van der Waals surface area (Å²) in [6.45, 7) is 8.66. The minimum absolute atomic E-state index is 0.148. The third kappa shape index (κ3) is 5.60. The first-order chi connectivity index (χ1) is 23.9. The number of allylic oxidation sites excluding steroid dienone is 7. The normalized spacial score (nSPS) is 13.3. The molecular formula is C44H33BO4. The van der Waals surface area contributed by atoms with Gasteiger partial charge < -0.3 is 20.1 Å². The maximum Gasteiger partial charge on any atom is 0.138 e. The minimum Gasteiger partial charge on any atom is -0.508 e. The van der Waals surface area contributed by atoms with Gasteiger partial charge in [0.2, 0.25) is 0 Å². The van der Waals surface area contributed by atoms with Crippen molar-refractivity contribution in [1.29, 1.82) is 0 Å². The van der Waals surface area contributed by atoms with Crippen molar-refractivity contribution < 1.29 is 20.1 Å². The molecule has 236 valence electrons. The second kappa shape index (κ2) is 13.1. The van der Waals surface area contributed by atoms with Gasteiger partial charge in [-0.3, -0.25) is 0 Å². The Morgan fingerprint density at radius 2 is 1.31 bits per heavy atom. The quantitative estimate of drug-likeness (QED) is 0.0884. The maximum atomic E-state index is 11.9. The smallest absolute Gasteiger partial charge is 0.138 e. The van der Waals surface area contributed by atoms with E-state index in [9.17, 15) is 15.3 Å². The maximum absolute atomic E-state index is 11.9. The van der Waals surface area contributed by atoms with Crippen LogP contribution in [0.2, 0.25) is 0 Å². The lowest BCUT2D eigenvalue weighted by molar-refractivity contribution is 0.361. The van der Waals surface area contributed by atoms with Gasteiger partial charge in [0, 0.05) is 11.1 Å². The molecule has 4 nitrogen and oxygen atoms in total. The van der Waals surface area contributed by atoms with Gasteiger partial charge in [0.05, 0.1) is 11.1 Å². The molecule has 7 rings (SSSR count). The van der Waals surface area contributed by atoms with Crippen LogP contribution >= 0.6 is 0 Å². The van der Waals surface area contributed by atoms with Crippen LogP contribution in [0.4, 0.5) is 0 Å². The molecule has 0 heterocycles. The number of aromatic hydroxyl groups is 3. The molecule has 0 spiro atoms. The Hall–Kier alpha value is -6.20. The van der Waals surface area contributed by atoms with E-state index in [0.717, 1.165) is 50.2 Å². The van der Waals surface area contributed by atoms with Crippen LogP contribution < -0.4 is 10.2 Å². The van der Waals surface area contributed by atoms with Crippen LogP contribution in [0.25, 0.3) is 60.5 Å². The Bertz CT molecular complexity index is 2320. The summed E-state index contributed by atoms with van der Waals surface area (Å²) in [4.78, 5) is 0. The zero-order chi connectivity index (χ0) is 34.1. The van der Waals surface area contributed by atoms with Gasteiger partial charge in [0.25, 0.3) is 0 Å². The van der Waals surface area contributed by atoms with Crippen molar-refractivity contribution in [3.05, 3.63) is 158 Å². The molecule has 6 aromatic carbocycles. The van der Waals surface area contributed by atoms with Gasteiger partial charge >= 0.3 is 0 Å². The summed E-state index contributed by atoms with van der Waals surface area (Å²) in [5.41, 5.74) is 5.92. The van der Waals surface area contributed by atoms with E-state index in [-0.39, 0.29) is 28.1 Å². The molecule has 0 saturated heterocycles. The molecular weight excluding hydrogens is 603 g/mol. The fraction of sp³-hybridized carbons (Fsp3) is 0.0455. The zero-order valence-corrected chi connectivity index (χ0v) is 26.9. The van der Waals surface area contributed by atoms with Gasteiger partial charge in [-0.2, -0.15) is 0 Å². The predicted molar refractivity (Wildman–Crippen MR) is 204 cm³/mol. The second-order valence-corrected chi connectivity index (χ2v) is 11.9. The Kier molecular flexibility index (Phi) is 8.42. The molecule has 0 aliphatic heterocycles. The van der Waals surface area contributed by atoms with Gasteiger partial charge in [-0.05, 0) is 79.5 Å². The highest BCUT2D eigenvalue weighted by Gasteiger charge is 2.27.